The van der Waals surface area contributed by atoms with E-state index in [4.69, 9.17) is 15.7 Å². The highest BCUT2D eigenvalue weighted by Crippen LogP contribution is 2.14. The van der Waals surface area contributed by atoms with Crippen LogP contribution in [0.25, 0.3) is 0 Å². The summed E-state index contributed by atoms with van der Waals surface area (Å²) in [4.78, 5) is 44.7. The Morgan fingerprint density at radius 3 is 1.76 bits per heavy atom. The van der Waals surface area contributed by atoms with Crippen molar-refractivity contribution >= 4 is 67.9 Å². The second-order valence-corrected chi connectivity index (χ2v) is 8.64. The molecule has 2 atom stereocenters. The van der Waals surface area contributed by atoms with Crippen LogP contribution in [0.4, 0.5) is 15.3 Å². The zero-order valence-electron chi connectivity index (χ0n) is 20.7. The summed E-state index contributed by atoms with van der Waals surface area (Å²) in [6, 6.07) is 12.9. The highest BCUT2D eigenvalue weighted by molar-refractivity contribution is 9.10. The van der Waals surface area contributed by atoms with Crippen molar-refractivity contribution in [3.05, 3.63) is 64.1 Å². The van der Waals surface area contributed by atoms with Gasteiger partial charge in [0.1, 0.15) is 12.1 Å². The van der Waals surface area contributed by atoms with Crippen LogP contribution in [-0.4, -0.2) is 77.6 Å². The average molecular weight is 570 g/mol. The van der Waals surface area contributed by atoms with Gasteiger partial charge in [0.25, 0.3) is 0 Å². The van der Waals surface area contributed by atoms with Crippen LogP contribution < -0.4 is 15.9 Å². The van der Waals surface area contributed by atoms with Gasteiger partial charge in [-0.25, -0.2) is 9.59 Å². The van der Waals surface area contributed by atoms with Gasteiger partial charge in [0.05, 0.1) is 14.2 Å². The molecule has 14 heteroatoms. The molecule has 0 heterocycles. The number of benzene rings is 2. The normalized spacial score (nSPS) is 11.5. The molecule has 0 bridgehead atoms. The molecule has 0 saturated carbocycles. The maximum absolute atomic E-state index is 11.6. The fraction of sp³-hybridized carbons (Fsp3) is 0.304. The lowest BCUT2D eigenvalue weighted by Gasteiger charge is -2.16. The lowest BCUT2D eigenvalue weighted by molar-refractivity contribution is -0.143. The molecule has 2 aromatic rings. The van der Waals surface area contributed by atoms with Crippen molar-refractivity contribution in [2.75, 3.05) is 19.4 Å². The lowest BCUT2D eigenvalue weighted by Crippen LogP contribution is -2.42. The first-order valence-corrected chi connectivity index (χ1v) is 11.8. The van der Waals surface area contributed by atoms with Crippen molar-refractivity contribution in [2.24, 2.45) is 0 Å². The molecule has 0 unspecified atom stereocenters. The number of methoxy groups -OCH3 is 2. The number of hydrogen-bond acceptors (Lipinski definition) is 8. The van der Waals surface area contributed by atoms with E-state index in [9.17, 15) is 24.2 Å². The number of rotatable bonds is 10. The molecule has 0 fully saturated rings. The van der Waals surface area contributed by atoms with Gasteiger partial charge in [-0.1, -0.05) is 40.2 Å². The van der Waals surface area contributed by atoms with E-state index in [-0.39, 0.29) is 6.42 Å². The largest absolute Gasteiger partial charge is 0.467 e. The van der Waals surface area contributed by atoms with Gasteiger partial charge >= 0.3 is 19.0 Å². The Morgan fingerprint density at radius 1 is 0.892 bits per heavy atom. The summed E-state index contributed by atoms with van der Waals surface area (Å²) in [5.74, 6) is -2.64. The van der Waals surface area contributed by atoms with Crippen LogP contribution in [0.1, 0.15) is 11.1 Å². The van der Waals surface area contributed by atoms with E-state index in [0.29, 0.717) is 12.1 Å². The Morgan fingerprint density at radius 2 is 1.35 bits per heavy atom. The summed E-state index contributed by atoms with van der Waals surface area (Å²) >= 11 is 3.33. The monoisotopic (exact) mass is 569 g/mol. The first-order chi connectivity index (χ1) is 17.4. The lowest BCUT2D eigenvalue weighted by atomic mass is 9.88. The van der Waals surface area contributed by atoms with E-state index in [1.54, 1.807) is 31.1 Å². The van der Waals surface area contributed by atoms with Crippen molar-refractivity contribution in [3.63, 3.8) is 0 Å². The molecule has 10 nitrogen and oxygen atoms in total. The van der Waals surface area contributed by atoms with E-state index in [0.717, 1.165) is 15.6 Å². The van der Waals surface area contributed by atoms with Gasteiger partial charge in [-0.05, 0) is 42.2 Å². The zero-order valence-corrected chi connectivity index (χ0v) is 22.3. The Labute approximate surface area is 227 Å². The molecular weight excluding hydrogens is 543 g/mol. The molecular formula is C23H27B3BrN3O7. The number of carbonyl (C=O) groups is 4. The van der Waals surface area contributed by atoms with Crippen molar-refractivity contribution < 1.29 is 33.7 Å². The molecule has 0 spiro atoms. The van der Waals surface area contributed by atoms with Crippen molar-refractivity contribution in [3.8, 4) is 0 Å². The molecule has 192 valence electrons. The minimum absolute atomic E-state index is 0.241. The quantitative estimate of drug-likeness (QED) is 0.250. The number of hydrogen-bond donors (Lipinski definition) is 4. The number of esters is 2. The maximum Gasteiger partial charge on any atom is 0.406 e. The smallest absolute Gasteiger partial charge is 0.406 e. The van der Waals surface area contributed by atoms with E-state index >= 15 is 0 Å². The Kier molecular flexibility index (Phi) is 14.2. The molecule has 37 heavy (non-hydrogen) atoms. The molecule has 0 aliphatic carbocycles. The third kappa shape index (κ3) is 13.0. The van der Waals surface area contributed by atoms with Crippen LogP contribution in [0.15, 0.2) is 53.0 Å². The molecule has 0 aromatic heterocycles. The first kappa shape index (κ1) is 31.8. The van der Waals surface area contributed by atoms with E-state index < -0.39 is 42.7 Å². The van der Waals surface area contributed by atoms with E-state index in [1.165, 1.54) is 14.2 Å². The van der Waals surface area contributed by atoms with Crippen molar-refractivity contribution in [1.29, 1.82) is 0 Å². The van der Waals surface area contributed by atoms with Gasteiger partial charge in [-0.2, -0.15) is 0 Å². The number of halogens is 1. The molecule has 0 saturated heterocycles. The number of carbonyl (C=O) groups excluding carboxylic acids is 4. The molecule has 4 N–H and O–H groups in total. The third-order valence-corrected chi connectivity index (χ3v) is 5.17. The first-order valence-electron chi connectivity index (χ1n) is 11.0. The summed E-state index contributed by atoms with van der Waals surface area (Å²) in [5.41, 5.74) is 2.39. The maximum atomic E-state index is 11.6. The minimum atomic E-state index is -0.848. The topological polar surface area (TPSA) is 143 Å². The number of amides is 2. The Hall–Kier alpha value is -3.25. The van der Waals surface area contributed by atoms with E-state index in [1.807, 2.05) is 24.3 Å². The Bertz CT molecular complexity index is 1080. The SMILES string of the molecule is [B]C(=O)N[C@@H](Cc1cccc(Br)c1)C(=O)OC.[B]C(=O)N[C@@H](Cc1cccc(NB(C)O)c1)C(=O)OC. The van der Waals surface area contributed by atoms with Crippen LogP contribution in [0, 0.1) is 0 Å². The van der Waals surface area contributed by atoms with Crippen LogP contribution >= 0.6 is 15.9 Å². The van der Waals surface area contributed by atoms with Crippen LogP contribution in [0.3, 0.4) is 0 Å². The highest BCUT2D eigenvalue weighted by atomic mass is 79.9. The van der Waals surface area contributed by atoms with Gasteiger partial charge in [0.2, 0.25) is 15.7 Å². The predicted octanol–water partition coefficient (Wildman–Crippen LogP) is 1.58. The van der Waals surface area contributed by atoms with Gasteiger partial charge < -0.3 is 30.4 Å². The standard InChI is InChI=1S/C12H16B2N2O4.C11H11BBrNO3/c1-14(19)16-9-5-3-4-8(6-9)7-10(11(17)20-2)15-12(13)18;1-17-10(15)9(14-11(12)16)6-7-3-2-4-8(13)5-7/h3-6,10,16,19H,7H2,1-2H3,(H,15,18);2-5,9H,6H2,1H3,(H,14,16)/t10-;9-/m00/s1. The zero-order chi connectivity index (χ0) is 28.0. The van der Waals surface area contributed by atoms with Gasteiger partial charge in [0.15, 0.2) is 11.6 Å². The third-order valence-electron chi connectivity index (χ3n) is 4.68. The summed E-state index contributed by atoms with van der Waals surface area (Å²) in [6.07, 6.45) is 0.569. The fourth-order valence-corrected chi connectivity index (χ4v) is 3.63. The second kappa shape index (κ2) is 16.5. The number of nitrogens with one attached hydrogen (secondary N) is 3. The van der Waals surface area contributed by atoms with Gasteiger partial charge in [0, 0.05) is 23.0 Å². The summed E-state index contributed by atoms with van der Waals surface area (Å²) < 4.78 is 10.1. The average Bonchev–Trinajstić information content (AvgIpc) is 2.82. The molecule has 4 radical (unpaired) electrons. The number of ether oxygens (including phenoxy) is 2. The van der Waals surface area contributed by atoms with Crippen LogP contribution in [0.5, 0.6) is 0 Å². The minimum Gasteiger partial charge on any atom is -0.467 e. The van der Waals surface area contributed by atoms with Crippen LogP contribution in [-0.2, 0) is 31.9 Å². The molecule has 2 rings (SSSR count). The predicted molar refractivity (Wildman–Crippen MR) is 146 cm³/mol. The number of anilines is 1. The van der Waals surface area contributed by atoms with Crippen molar-refractivity contribution in [1.82, 2.24) is 10.6 Å². The van der Waals surface area contributed by atoms with Gasteiger partial charge in [-0.15, -0.1) is 0 Å². The second-order valence-electron chi connectivity index (χ2n) is 7.73. The van der Waals surface area contributed by atoms with E-state index in [2.05, 4.69) is 41.3 Å². The van der Waals surface area contributed by atoms with Crippen LogP contribution in [0.2, 0.25) is 6.82 Å². The molecule has 2 aromatic carbocycles. The Balaban J connectivity index is 0.000000375. The summed E-state index contributed by atoms with van der Waals surface area (Å²) in [7, 11) is 11.8. The summed E-state index contributed by atoms with van der Waals surface area (Å²) in [6.45, 7) is 1.60. The molecule has 0 aliphatic rings. The van der Waals surface area contributed by atoms with Gasteiger partial charge in [-0.3, -0.25) is 9.59 Å². The highest BCUT2D eigenvalue weighted by Gasteiger charge is 2.21. The molecule has 2 amide bonds. The van der Waals surface area contributed by atoms with Crippen molar-refractivity contribution in [2.45, 2.75) is 31.7 Å². The fourth-order valence-electron chi connectivity index (χ4n) is 3.18. The summed E-state index contributed by atoms with van der Waals surface area (Å²) in [5, 5.41) is 16.8. The molecule has 0 aliphatic heterocycles.